The number of nitrogens with zero attached hydrogens (tertiary/aromatic N) is 1. The van der Waals surface area contributed by atoms with Crippen LogP contribution >= 0.6 is 24.0 Å². The normalized spacial score (nSPS) is 24.3. The lowest BCUT2D eigenvalue weighted by molar-refractivity contribution is 0.0691. The van der Waals surface area contributed by atoms with E-state index < -0.39 is 0 Å². The van der Waals surface area contributed by atoms with Gasteiger partial charge in [0, 0.05) is 22.8 Å². The van der Waals surface area contributed by atoms with Gasteiger partial charge in [-0.25, -0.2) is 4.98 Å². The predicted octanol–water partition coefficient (Wildman–Crippen LogP) is 3.21. The Bertz CT molecular complexity index is 480. The lowest BCUT2D eigenvalue weighted by Gasteiger charge is -2.22. The summed E-state index contributed by atoms with van der Waals surface area (Å²) in [5.41, 5.74) is 2.58. The molecule has 18 heavy (non-hydrogen) atoms. The Kier molecular flexibility index (Phi) is 4.01. The molecular weight excluding hydrogens is 264 g/mol. The monoisotopic (exact) mass is 282 g/mol. The van der Waals surface area contributed by atoms with Crippen molar-refractivity contribution in [3.05, 3.63) is 21.7 Å². The molecule has 1 aliphatic carbocycles. The Morgan fingerprint density at radius 3 is 3.00 bits per heavy atom. The van der Waals surface area contributed by atoms with Gasteiger partial charge in [0.15, 0.2) is 0 Å². The molecule has 1 atom stereocenters. The van der Waals surface area contributed by atoms with Crippen LogP contribution < -0.4 is 0 Å². The van der Waals surface area contributed by atoms with E-state index in [0.29, 0.717) is 0 Å². The number of hydrogen-bond donors (Lipinski definition) is 1. The van der Waals surface area contributed by atoms with E-state index in [0.717, 1.165) is 41.4 Å². The first kappa shape index (κ1) is 12.6. The number of rotatable bonds is 1. The lowest BCUT2D eigenvalue weighted by atomic mass is 10.1. The third-order valence-corrected chi connectivity index (χ3v) is 4.93. The maximum atomic E-state index is 5.78. The molecule has 1 aliphatic heterocycles. The third-order valence-electron chi connectivity index (χ3n) is 3.60. The average Bonchev–Trinajstić information content (AvgIpc) is 2.65. The SMILES string of the molecule is S=c1nc(C2CSCCO2)[nH]c2c1CCCCC2. The molecule has 1 N–H and O–H groups in total. The van der Waals surface area contributed by atoms with Crippen LogP contribution in [0.3, 0.4) is 0 Å². The van der Waals surface area contributed by atoms with Crippen molar-refractivity contribution in [2.24, 2.45) is 0 Å². The zero-order chi connectivity index (χ0) is 12.4. The maximum absolute atomic E-state index is 5.78. The number of H-pyrrole nitrogens is 1. The van der Waals surface area contributed by atoms with Gasteiger partial charge in [-0.1, -0.05) is 18.6 Å². The van der Waals surface area contributed by atoms with Gasteiger partial charge < -0.3 is 9.72 Å². The van der Waals surface area contributed by atoms with Crippen molar-refractivity contribution < 1.29 is 4.74 Å². The number of ether oxygens (including phenoxy) is 1. The highest BCUT2D eigenvalue weighted by Crippen LogP contribution is 2.26. The molecule has 0 radical (unpaired) electrons. The summed E-state index contributed by atoms with van der Waals surface area (Å²) in [5, 5.41) is 0. The molecule has 1 aromatic rings. The fourth-order valence-electron chi connectivity index (χ4n) is 2.61. The zero-order valence-corrected chi connectivity index (χ0v) is 12.0. The predicted molar refractivity (Wildman–Crippen MR) is 76.7 cm³/mol. The van der Waals surface area contributed by atoms with E-state index in [2.05, 4.69) is 9.97 Å². The maximum Gasteiger partial charge on any atom is 0.138 e. The smallest absolute Gasteiger partial charge is 0.138 e. The number of aromatic amines is 1. The van der Waals surface area contributed by atoms with Gasteiger partial charge >= 0.3 is 0 Å². The number of hydrogen-bond acceptors (Lipinski definition) is 4. The second kappa shape index (κ2) is 5.72. The van der Waals surface area contributed by atoms with E-state index in [1.807, 2.05) is 11.8 Å². The summed E-state index contributed by atoms with van der Waals surface area (Å²) in [6.07, 6.45) is 6.07. The van der Waals surface area contributed by atoms with Crippen molar-refractivity contribution in [1.29, 1.82) is 0 Å². The molecule has 0 spiro atoms. The molecule has 98 valence electrons. The largest absolute Gasteiger partial charge is 0.369 e. The van der Waals surface area contributed by atoms with Crippen molar-refractivity contribution in [1.82, 2.24) is 9.97 Å². The molecule has 1 saturated heterocycles. The highest BCUT2D eigenvalue weighted by atomic mass is 32.2. The van der Waals surface area contributed by atoms with Crippen molar-refractivity contribution in [3.63, 3.8) is 0 Å². The first-order valence-electron chi connectivity index (χ1n) is 6.66. The number of aromatic nitrogens is 2. The molecule has 3 rings (SSSR count). The summed E-state index contributed by atoms with van der Waals surface area (Å²) in [5.74, 6) is 3.01. The summed E-state index contributed by atoms with van der Waals surface area (Å²) in [6, 6.07) is 0. The van der Waals surface area contributed by atoms with Gasteiger partial charge in [-0.15, -0.1) is 0 Å². The van der Waals surface area contributed by atoms with Crippen molar-refractivity contribution in [3.8, 4) is 0 Å². The van der Waals surface area contributed by atoms with Gasteiger partial charge in [0.05, 0.1) is 6.61 Å². The van der Waals surface area contributed by atoms with E-state index in [4.69, 9.17) is 17.0 Å². The minimum Gasteiger partial charge on any atom is -0.369 e. The van der Waals surface area contributed by atoms with Crippen LogP contribution in [-0.4, -0.2) is 28.1 Å². The molecule has 2 aliphatic rings. The second-order valence-electron chi connectivity index (χ2n) is 4.88. The first-order chi connectivity index (χ1) is 8.84. The minimum atomic E-state index is 0.0963. The van der Waals surface area contributed by atoms with E-state index in [-0.39, 0.29) is 6.10 Å². The van der Waals surface area contributed by atoms with Gasteiger partial charge in [0.2, 0.25) is 0 Å². The Morgan fingerprint density at radius 2 is 2.17 bits per heavy atom. The Hall–Kier alpha value is -0.390. The number of aryl methyl sites for hydroxylation is 1. The van der Waals surface area contributed by atoms with Crippen molar-refractivity contribution in [2.45, 2.75) is 38.2 Å². The Morgan fingerprint density at radius 1 is 1.28 bits per heavy atom. The highest BCUT2D eigenvalue weighted by molar-refractivity contribution is 7.99. The van der Waals surface area contributed by atoms with Crippen molar-refractivity contribution in [2.75, 3.05) is 18.1 Å². The standard InChI is InChI=1S/C13H18N2OS2/c17-13-9-4-2-1-3-5-10(9)14-12(15-13)11-8-18-7-6-16-11/h11H,1-8H2,(H,14,15,17). The summed E-state index contributed by atoms with van der Waals surface area (Å²) < 4.78 is 6.57. The molecule has 0 saturated carbocycles. The van der Waals surface area contributed by atoms with E-state index >= 15 is 0 Å². The number of fused-ring (bicyclic) bond motifs is 1. The van der Waals surface area contributed by atoms with Crippen LogP contribution in [0.1, 0.15) is 42.4 Å². The Balaban J connectivity index is 1.94. The van der Waals surface area contributed by atoms with Crippen LogP contribution in [0.5, 0.6) is 0 Å². The average molecular weight is 282 g/mol. The molecule has 5 heteroatoms. The molecule has 2 heterocycles. The molecule has 1 fully saturated rings. The second-order valence-corrected chi connectivity index (χ2v) is 6.42. The van der Waals surface area contributed by atoms with Gasteiger partial charge in [-0.05, 0) is 25.7 Å². The van der Waals surface area contributed by atoms with Crippen LogP contribution in [0.4, 0.5) is 0 Å². The molecule has 1 unspecified atom stereocenters. The summed E-state index contributed by atoms with van der Waals surface area (Å²) in [4.78, 5) is 8.07. The molecule has 0 aromatic carbocycles. The van der Waals surface area contributed by atoms with Crippen LogP contribution in [-0.2, 0) is 17.6 Å². The highest BCUT2D eigenvalue weighted by Gasteiger charge is 2.21. The van der Waals surface area contributed by atoms with Gasteiger partial charge in [-0.3, -0.25) is 0 Å². The van der Waals surface area contributed by atoms with Crippen molar-refractivity contribution >= 4 is 24.0 Å². The third kappa shape index (κ3) is 2.63. The number of thioether (sulfide) groups is 1. The number of nitrogens with one attached hydrogen (secondary N) is 1. The quantitative estimate of drug-likeness (QED) is 0.634. The van der Waals surface area contributed by atoms with Crippen LogP contribution in [0.25, 0.3) is 0 Å². The molecule has 0 bridgehead atoms. The Labute approximate surface area is 117 Å². The fraction of sp³-hybridized carbons (Fsp3) is 0.692. The summed E-state index contributed by atoms with van der Waals surface area (Å²) in [7, 11) is 0. The van der Waals surface area contributed by atoms with Gasteiger partial charge in [0.1, 0.15) is 16.6 Å². The van der Waals surface area contributed by atoms with Crippen LogP contribution in [0, 0.1) is 4.64 Å². The van der Waals surface area contributed by atoms with Gasteiger partial charge in [0.25, 0.3) is 0 Å². The minimum absolute atomic E-state index is 0.0963. The van der Waals surface area contributed by atoms with E-state index in [9.17, 15) is 0 Å². The first-order valence-corrected chi connectivity index (χ1v) is 8.22. The zero-order valence-electron chi connectivity index (χ0n) is 10.4. The molecule has 1 aromatic heterocycles. The lowest BCUT2D eigenvalue weighted by Crippen LogP contribution is -2.19. The summed E-state index contributed by atoms with van der Waals surface area (Å²) in [6.45, 7) is 0.814. The summed E-state index contributed by atoms with van der Waals surface area (Å²) >= 11 is 7.39. The molecule has 0 amide bonds. The fourth-order valence-corrected chi connectivity index (χ4v) is 3.79. The topological polar surface area (TPSA) is 37.9 Å². The van der Waals surface area contributed by atoms with E-state index in [1.165, 1.54) is 30.5 Å². The van der Waals surface area contributed by atoms with E-state index in [1.54, 1.807) is 0 Å². The van der Waals surface area contributed by atoms with Crippen LogP contribution in [0.2, 0.25) is 0 Å². The molecular formula is C13H18N2OS2. The van der Waals surface area contributed by atoms with Gasteiger partial charge in [-0.2, -0.15) is 11.8 Å². The van der Waals surface area contributed by atoms with Crippen LogP contribution in [0.15, 0.2) is 0 Å². The molecule has 3 nitrogen and oxygen atoms in total.